The summed E-state index contributed by atoms with van der Waals surface area (Å²) in [6, 6.07) is 1.93. The number of hydrogen-bond acceptors (Lipinski definition) is 3. The van der Waals surface area contributed by atoms with Gasteiger partial charge in [-0.15, -0.1) is 0 Å². The first-order chi connectivity index (χ1) is 7.26. The van der Waals surface area contributed by atoms with Gasteiger partial charge in [-0.3, -0.25) is 10.1 Å². The van der Waals surface area contributed by atoms with E-state index in [0.29, 0.717) is 12.5 Å². The molecule has 0 atom stereocenters. The van der Waals surface area contributed by atoms with Crippen molar-refractivity contribution in [1.29, 1.82) is 0 Å². The summed E-state index contributed by atoms with van der Waals surface area (Å²) in [5, 5.41) is 7.29. The van der Waals surface area contributed by atoms with Crippen molar-refractivity contribution in [3.63, 3.8) is 0 Å². The first-order valence-electron chi connectivity index (χ1n) is 4.99. The van der Waals surface area contributed by atoms with E-state index >= 15 is 0 Å². The molecule has 0 aliphatic rings. The predicted octanol–water partition coefficient (Wildman–Crippen LogP) is -0.261. The third kappa shape index (κ3) is 3.99. The van der Waals surface area contributed by atoms with Crippen molar-refractivity contribution in [2.75, 3.05) is 6.54 Å². The van der Waals surface area contributed by atoms with Crippen LogP contribution in [0.1, 0.15) is 19.0 Å². The summed E-state index contributed by atoms with van der Waals surface area (Å²) in [4.78, 5) is 4.26. The number of nitrogens with one attached hydrogen (secondary N) is 2. The van der Waals surface area contributed by atoms with Gasteiger partial charge < -0.3 is 5.32 Å². The Bertz CT molecular complexity index is 316. The molecule has 0 saturated heterocycles. The molecule has 15 heavy (non-hydrogen) atoms. The Morgan fingerprint density at radius 2 is 2.47 bits per heavy atom. The zero-order chi connectivity index (χ0) is 11.1. The highest BCUT2D eigenvalue weighted by Crippen LogP contribution is 1.95. The van der Waals surface area contributed by atoms with Gasteiger partial charge in [0.15, 0.2) is 0 Å². The number of rotatable bonds is 4. The van der Waals surface area contributed by atoms with Crippen LogP contribution < -0.4 is 16.6 Å². The van der Waals surface area contributed by atoms with Crippen LogP contribution in [0, 0.1) is 0 Å². The molecule has 0 radical (unpaired) electrons. The van der Waals surface area contributed by atoms with Gasteiger partial charge in [0.2, 0.25) is 5.96 Å². The lowest BCUT2D eigenvalue weighted by Gasteiger charge is -2.06. The lowest BCUT2D eigenvalue weighted by Crippen LogP contribution is -2.41. The minimum atomic E-state index is 0.525. The molecule has 0 amide bonds. The van der Waals surface area contributed by atoms with Crippen molar-refractivity contribution in [2.45, 2.75) is 19.9 Å². The van der Waals surface area contributed by atoms with E-state index in [2.05, 4.69) is 27.8 Å². The summed E-state index contributed by atoms with van der Waals surface area (Å²) in [5.74, 6) is 5.91. The summed E-state index contributed by atoms with van der Waals surface area (Å²) >= 11 is 0. The number of aryl methyl sites for hydroxylation is 1. The molecule has 0 fully saturated rings. The smallest absolute Gasteiger partial charge is 0.206 e. The first-order valence-corrected chi connectivity index (χ1v) is 4.99. The van der Waals surface area contributed by atoms with E-state index in [9.17, 15) is 0 Å². The minimum Gasteiger partial charge on any atom is -0.355 e. The largest absolute Gasteiger partial charge is 0.355 e. The zero-order valence-electron chi connectivity index (χ0n) is 9.20. The lowest BCUT2D eigenvalue weighted by molar-refractivity contribution is 0.737. The second-order valence-electron chi connectivity index (χ2n) is 3.22. The summed E-state index contributed by atoms with van der Waals surface area (Å²) in [7, 11) is 1.88. The topological polar surface area (TPSA) is 80.3 Å². The number of nitrogens with two attached hydrogens (primary N) is 1. The maximum atomic E-state index is 5.31. The fraction of sp³-hybridized carbons (Fsp3) is 0.556. The van der Waals surface area contributed by atoms with Gasteiger partial charge in [-0.25, -0.2) is 10.8 Å². The van der Waals surface area contributed by atoms with Gasteiger partial charge in [-0.2, -0.15) is 5.10 Å². The summed E-state index contributed by atoms with van der Waals surface area (Å²) in [6.07, 6.45) is 2.92. The second-order valence-corrected chi connectivity index (χ2v) is 3.22. The second kappa shape index (κ2) is 6.02. The van der Waals surface area contributed by atoms with Crippen molar-refractivity contribution in [3.05, 3.63) is 18.0 Å². The van der Waals surface area contributed by atoms with Gasteiger partial charge in [0, 0.05) is 19.8 Å². The zero-order valence-corrected chi connectivity index (χ0v) is 9.20. The Morgan fingerprint density at radius 3 is 3.00 bits per heavy atom. The average molecular weight is 210 g/mol. The number of aliphatic imine (C=N–C) groups is 1. The van der Waals surface area contributed by atoms with E-state index in [1.807, 2.05) is 19.3 Å². The molecule has 4 N–H and O–H groups in total. The Hall–Kier alpha value is -1.56. The maximum absolute atomic E-state index is 5.31. The molecule has 0 saturated carbocycles. The highest BCUT2D eigenvalue weighted by molar-refractivity contribution is 5.79. The van der Waals surface area contributed by atoms with Crippen LogP contribution >= 0.6 is 0 Å². The third-order valence-electron chi connectivity index (χ3n) is 1.85. The normalized spacial score (nSPS) is 11.5. The molecule has 0 aliphatic heterocycles. The number of guanidine groups is 1. The van der Waals surface area contributed by atoms with Gasteiger partial charge >= 0.3 is 0 Å². The Morgan fingerprint density at radius 1 is 1.67 bits per heavy atom. The van der Waals surface area contributed by atoms with Crippen molar-refractivity contribution in [1.82, 2.24) is 20.5 Å². The number of hydrogen-bond donors (Lipinski definition) is 3. The number of hydrazine groups is 1. The van der Waals surface area contributed by atoms with E-state index < -0.39 is 0 Å². The SMILES string of the molecule is CCCNC(=NCc1ccn(C)n1)NN. The monoisotopic (exact) mass is 210 g/mol. The molecule has 0 bridgehead atoms. The van der Waals surface area contributed by atoms with Crippen LogP contribution in [-0.2, 0) is 13.6 Å². The molecule has 0 spiro atoms. The van der Waals surface area contributed by atoms with Crippen LogP contribution in [-0.4, -0.2) is 22.3 Å². The molecule has 1 heterocycles. The molecule has 0 aliphatic carbocycles. The van der Waals surface area contributed by atoms with Crippen LogP contribution in [0.4, 0.5) is 0 Å². The molecular formula is C9H18N6. The van der Waals surface area contributed by atoms with Gasteiger partial charge in [-0.1, -0.05) is 6.92 Å². The number of nitrogens with zero attached hydrogens (tertiary/aromatic N) is 3. The van der Waals surface area contributed by atoms with Crippen LogP contribution in [0.2, 0.25) is 0 Å². The van der Waals surface area contributed by atoms with E-state index in [4.69, 9.17) is 5.84 Å². The standard InChI is InChI=1S/C9H18N6/c1-3-5-11-9(13-10)12-7-8-4-6-15(2)14-8/h4,6H,3,5,7,10H2,1-2H3,(H2,11,12,13). The van der Waals surface area contributed by atoms with E-state index in [-0.39, 0.29) is 0 Å². The summed E-state index contributed by atoms with van der Waals surface area (Å²) in [6.45, 7) is 3.46. The molecule has 84 valence electrons. The van der Waals surface area contributed by atoms with Crippen LogP contribution in [0.25, 0.3) is 0 Å². The molecule has 6 heteroatoms. The Kier molecular flexibility index (Phi) is 4.62. The number of aromatic nitrogens is 2. The molecule has 1 aromatic rings. The van der Waals surface area contributed by atoms with Crippen molar-refractivity contribution in [3.8, 4) is 0 Å². The molecular weight excluding hydrogens is 192 g/mol. The average Bonchev–Trinajstić information content (AvgIpc) is 2.65. The predicted molar refractivity (Wildman–Crippen MR) is 60.0 cm³/mol. The quantitative estimate of drug-likeness (QED) is 0.277. The van der Waals surface area contributed by atoms with Crippen LogP contribution in [0.15, 0.2) is 17.3 Å². The molecule has 1 rings (SSSR count). The van der Waals surface area contributed by atoms with Gasteiger partial charge in [0.1, 0.15) is 0 Å². The van der Waals surface area contributed by atoms with E-state index in [0.717, 1.165) is 18.7 Å². The third-order valence-corrected chi connectivity index (χ3v) is 1.85. The van der Waals surface area contributed by atoms with Crippen molar-refractivity contribution in [2.24, 2.45) is 17.9 Å². The van der Waals surface area contributed by atoms with Crippen LogP contribution in [0.3, 0.4) is 0 Å². The molecule has 1 aromatic heterocycles. The highest BCUT2D eigenvalue weighted by Gasteiger charge is 1.97. The van der Waals surface area contributed by atoms with Gasteiger partial charge in [0.25, 0.3) is 0 Å². The van der Waals surface area contributed by atoms with Crippen molar-refractivity contribution >= 4 is 5.96 Å². The first kappa shape index (κ1) is 11.5. The molecule has 0 unspecified atom stereocenters. The lowest BCUT2D eigenvalue weighted by atomic mass is 10.4. The Balaban J connectivity index is 2.46. The van der Waals surface area contributed by atoms with Gasteiger partial charge in [-0.05, 0) is 12.5 Å². The summed E-state index contributed by atoms with van der Waals surface area (Å²) < 4.78 is 1.75. The summed E-state index contributed by atoms with van der Waals surface area (Å²) in [5.41, 5.74) is 3.44. The van der Waals surface area contributed by atoms with Gasteiger partial charge in [0.05, 0.1) is 12.2 Å². The van der Waals surface area contributed by atoms with Crippen LogP contribution in [0.5, 0.6) is 0 Å². The fourth-order valence-electron chi connectivity index (χ4n) is 1.10. The van der Waals surface area contributed by atoms with E-state index in [1.165, 1.54) is 0 Å². The molecule has 0 aromatic carbocycles. The maximum Gasteiger partial charge on any atom is 0.206 e. The fourth-order valence-corrected chi connectivity index (χ4v) is 1.10. The minimum absolute atomic E-state index is 0.525. The van der Waals surface area contributed by atoms with E-state index in [1.54, 1.807) is 4.68 Å². The molecule has 6 nitrogen and oxygen atoms in total. The highest BCUT2D eigenvalue weighted by atomic mass is 15.3. The Labute approximate surface area is 89.5 Å². The van der Waals surface area contributed by atoms with Crippen molar-refractivity contribution < 1.29 is 0 Å².